The zero-order valence-electron chi connectivity index (χ0n) is 12.4. The largest absolute Gasteiger partial charge is 0.504 e. The minimum atomic E-state index is -0.200. The van der Waals surface area contributed by atoms with E-state index in [0.29, 0.717) is 17.9 Å². The fourth-order valence-corrected chi connectivity index (χ4v) is 4.52. The number of benzene rings is 1. The highest BCUT2D eigenvalue weighted by Gasteiger charge is 2.52. The quantitative estimate of drug-likeness (QED) is 0.708. The summed E-state index contributed by atoms with van der Waals surface area (Å²) in [6.45, 7) is 6.70. The van der Waals surface area contributed by atoms with Crippen LogP contribution in [0.25, 0.3) is 0 Å². The molecule has 0 amide bonds. The molecule has 20 heavy (non-hydrogen) atoms. The number of carbonyl (C=O) groups is 1. The molecule has 0 bridgehead atoms. The van der Waals surface area contributed by atoms with E-state index in [-0.39, 0.29) is 28.1 Å². The van der Waals surface area contributed by atoms with Gasteiger partial charge < -0.3 is 10.2 Å². The first-order valence-electron chi connectivity index (χ1n) is 7.35. The van der Waals surface area contributed by atoms with Crippen molar-refractivity contribution in [2.75, 3.05) is 0 Å². The fraction of sp³-hybridized carbons (Fsp3) is 0.588. The number of carbonyl (C=O) groups excluding carboxylic acids is 1. The summed E-state index contributed by atoms with van der Waals surface area (Å²) < 4.78 is 0. The third-order valence-corrected chi connectivity index (χ3v) is 5.65. The first-order chi connectivity index (χ1) is 9.25. The normalized spacial score (nSPS) is 31.6. The molecule has 2 atom stereocenters. The highest BCUT2D eigenvalue weighted by Crippen LogP contribution is 2.57. The van der Waals surface area contributed by atoms with Crippen molar-refractivity contribution in [2.24, 2.45) is 11.3 Å². The van der Waals surface area contributed by atoms with Crippen molar-refractivity contribution < 1.29 is 15.0 Å². The Hall–Kier alpha value is -1.51. The molecule has 2 N–H and O–H groups in total. The van der Waals surface area contributed by atoms with E-state index in [1.165, 1.54) is 6.07 Å². The third kappa shape index (κ3) is 1.68. The summed E-state index contributed by atoms with van der Waals surface area (Å²) in [5.41, 5.74) is 1.56. The van der Waals surface area contributed by atoms with Crippen molar-refractivity contribution in [3.63, 3.8) is 0 Å². The molecule has 2 aliphatic carbocycles. The van der Waals surface area contributed by atoms with E-state index < -0.39 is 0 Å². The summed E-state index contributed by atoms with van der Waals surface area (Å²) in [4.78, 5) is 12.4. The van der Waals surface area contributed by atoms with Crippen LogP contribution in [0.3, 0.4) is 0 Å². The van der Waals surface area contributed by atoms with Crippen molar-refractivity contribution in [3.8, 4) is 11.5 Å². The Labute approximate surface area is 119 Å². The van der Waals surface area contributed by atoms with E-state index in [9.17, 15) is 15.0 Å². The number of phenols is 2. The lowest BCUT2D eigenvalue weighted by Crippen LogP contribution is -2.49. The molecule has 1 fully saturated rings. The average Bonchev–Trinajstić information content (AvgIpc) is 2.35. The molecule has 0 unspecified atom stereocenters. The number of hydrogen-bond acceptors (Lipinski definition) is 3. The van der Waals surface area contributed by atoms with Crippen LogP contribution in [0.15, 0.2) is 12.1 Å². The first kappa shape index (κ1) is 13.5. The van der Waals surface area contributed by atoms with E-state index in [1.54, 1.807) is 6.07 Å². The maximum absolute atomic E-state index is 12.4. The van der Waals surface area contributed by atoms with E-state index >= 15 is 0 Å². The van der Waals surface area contributed by atoms with E-state index in [0.717, 1.165) is 24.8 Å². The van der Waals surface area contributed by atoms with Crippen LogP contribution < -0.4 is 0 Å². The summed E-state index contributed by atoms with van der Waals surface area (Å²) in [6.07, 6.45) is 3.85. The van der Waals surface area contributed by atoms with Crippen molar-refractivity contribution in [2.45, 2.75) is 51.9 Å². The molecule has 3 rings (SSSR count). The molecule has 2 aliphatic rings. The molecule has 0 saturated heterocycles. The van der Waals surface area contributed by atoms with Gasteiger partial charge in [0.1, 0.15) is 0 Å². The van der Waals surface area contributed by atoms with Gasteiger partial charge in [-0.05, 0) is 47.3 Å². The number of aromatic hydroxyl groups is 2. The molecule has 0 heterocycles. The van der Waals surface area contributed by atoms with Crippen molar-refractivity contribution in [1.29, 1.82) is 0 Å². The minimum Gasteiger partial charge on any atom is -0.504 e. The molecular formula is C17H22O3. The highest BCUT2D eigenvalue weighted by molar-refractivity contribution is 6.00. The zero-order valence-corrected chi connectivity index (χ0v) is 12.4. The number of hydrogen-bond donors (Lipinski definition) is 2. The van der Waals surface area contributed by atoms with E-state index in [1.807, 2.05) is 0 Å². The SMILES string of the molecule is CC1(C)CCC[C@]2(C)c3cc(O)c(O)cc3C(=O)C[C@@H]12. The second-order valence-corrected chi connectivity index (χ2v) is 7.33. The van der Waals surface area contributed by atoms with Crippen LogP contribution in [0.5, 0.6) is 11.5 Å². The predicted octanol–water partition coefficient (Wildman–Crippen LogP) is 3.77. The summed E-state index contributed by atoms with van der Waals surface area (Å²) >= 11 is 0. The smallest absolute Gasteiger partial charge is 0.163 e. The van der Waals surface area contributed by atoms with Gasteiger partial charge in [-0.1, -0.05) is 27.2 Å². The van der Waals surface area contributed by atoms with Crippen LogP contribution in [0, 0.1) is 11.3 Å². The number of phenolic OH excluding ortho intramolecular Hbond substituents is 2. The Kier molecular flexibility index (Phi) is 2.69. The number of ketones is 1. The van der Waals surface area contributed by atoms with E-state index in [2.05, 4.69) is 20.8 Å². The Balaban J connectivity index is 2.22. The Morgan fingerprint density at radius 2 is 1.75 bits per heavy atom. The third-order valence-electron chi connectivity index (χ3n) is 5.65. The second-order valence-electron chi connectivity index (χ2n) is 7.33. The van der Waals surface area contributed by atoms with Gasteiger partial charge in [-0.2, -0.15) is 0 Å². The lowest BCUT2D eigenvalue weighted by atomic mass is 9.50. The summed E-state index contributed by atoms with van der Waals surface area (Å²) in [7, 11) is 0. The molecule has 0 aliphatic heterocycles. The molecule has 1 aromatic rings. The summed E-state index contributed by atoms with van der Waals surface area (Å²) in [5.74, 6) is 0.0662. The van der Waals surface area contributed by atoms with Gasteiger partial charge in [-0.25, -0.2) is 0 Å². The molecule has 0 spiro atoms. The number of Topliss-reactive ketones (excluding diaryl/α,β-unsaturated/α-hetero) is 1. The lowest BCUT2D eigenvalue weighted by molar-refractivity contribution is 0.0367. The molecule has 1 aromatic carbocycles. The molecule has 1 saturated carbocycles. The van der Waals surface area contributed by atoms with Crippen molar-refractivity contribution in [3.05, 3.63) is 23.3 Å². The highest BCUT2D eigenvalue weighted by atomic mass is 16.3. The van der Waals surface area contributed by atoms with Crippen LogP contribution in [0.1, 0.15) is 62.4 Å². The topological polar surface area (TPSA) is 57.5 Å². The molecular weight excluding hydrogens is 252 g/mol. The maximum atomic E-state index is 12.4. The van der Waals surface area contributed by atoms with Crippen LogP contribution >= 0.6 is 0 Å². The Morgan fingerprint density at radius 3 is 2.45 bits per heavy atom. The average molecular weight is 274 g/mol. The first-order valence-corrected chi connectivity index (χ1v) is 7.35. The summed E-state index contributed by atoms with van der Waals surface area (Å²) in [6, 6.07) is 3.05. The number of fused-ring (bicyclic) bond motifs is 3. The fourth-order valence-electron chi connectivity index (χ4n) is 4.52. The standard InChI is InChI=1S/C17H22O3/c1-16(2)5-4-6-17(3)11-8-14(20)13(19)7-10(11)12(18)9-15(16)17/h7-8,15,19-20H,4-6,9H2,1-3H3/t15-,17+/m0/s1. The predicted molar refractivity (Wildman–Crippen MR) is 77.2 cm³/mol. The second kappa shape index (κ2) is 4.00. The Morgan fingerprint density at radius 1 is 1.10 bits per heavy atom. The molecule has 3 nitrogen and oxygen atoms in total. The van der Waals surface area contributed by atoms with Crippen molar-refractivity contribution >= 4 is 5.78 Å². The Bertz CT molecular complexity index is 588. The van der Waals surface area contributed by atoms with Crippen LogP contribution in [-0.2, 0) is 5.41 Å². The van der Waals surface area contributed by atoms with Gasteiger partial charge in [0.15, 0.2) is 17.3 Å². The van der Waals surface area contributed by atoms with Gasteiger partial charge in [0.25, 0.3) is 0 Å². The van der Waals surface area contributed by atoms with Gasteiger partial charge in [-0.15, -0.1) is 0 Å². The number of rotatable bonds is 0. The monoisotopic (exact) mass is 274 g/mol. The minimum absolute atomic E-state index is 0.0871. The molecule has 3 heteroatoms. The molecule has 0 radical (unpaired) electrons. The molecule has 108 valence electrons. The zero-order chi connectivity index (χ0) is 14.7. The van der Waals surface area contributed by atoms with Crippen LogP contribution in [0.2, 0.25) is 0 Å². The van der Waals surface area contributed by atoms with Gasteiger partial charge in [0.05, 0.1) is 0 Å². The van der Waals surface area contributed by atoms with Gasteiger partial charge in [0, 0.05) is 12.0 Å². The van der Waals surface area contributed by atoms with Gasteiger partial charge >= 0.3 is 0 Å². The van der Waals surface area contributed by atoms with E-state index in [4.69, 9.17) is 0 Å². The molecule has 0 aromatic heterocycles. The van der Waals surface area contributed by atoms with Crippen LogP contribution in [-0.4, -0.2) is 16.0 Å². The maximum Gasteiger partial charge on any atom is 0.163 e. The van der Waals surface area contributed by atoms with Crippen LogP contribution in [0.4, 0.5) is 0 Å². The van der Waals surface area contributed by atoms with Gasteiger partial charge in [-0.3, -0.25) is 4.79 Å². The lowest BCUT2D eigenvalue weighted by Gasteiger charge is -2.53. The summed E-state index contributed by atoms with van der Waals surface area (Å²) in [5, 5.41) is 19.5. The van der Waals surface area contributed by atoms with Gasteiger partial charge in [0.2, 0.25) is 0 Å². The van der Waals surface area contributed by atoms with Crippen molar-refractivity contribution in [1.82, 2.24) is 0 Å².